The van der Waals surface area contributed by atoms with Crippen LogP contribution in [0.4, 0.5) is 11.4 Å². The molecule has 1 fully saturated rings. The second-order valence-electron chi connectivity index (χ2n) is 7.01. The standard InChI is InChI=1S/C20H24N2O3S/c1-15-3-6-20(16(2)13-15)26(23,24)22-8-7-17-14-18(4-5-19(17)22)21-9-11-25-12-10-21/h3-6,13-14H,7-12H2,1-2H3. The third-order valence-electron chi connectivity index (χ3n) is 5.19. The zero-order valence-electron chi connectivity index (χ0n) is 15.2. The van der Waals surface area contributed by atoms with Gasteiger partial charge in [0.2, 0.25) is 0 Å². The number of rotatable bonds is 3. The number of aryl methyl sites for hydroxylation is 2. The average Bonchev–Trinajstić information content (AvgIpc) is 3.06. The quantitative estimate of drug-likeness (QED) is 0.831. The van der Waals surface area contributed by atoms with Gasteiger partial charge in [0.1, 0.15) is 0 Å². The van der Waals surface area contributed by atoms with E-state index in [4.69, 9.17) is 4.74 Å². The van der Waals surface area contributed by atoms with Crippen LogP contribution in [0, 0.1) is 13.8 Å². The Balaban J connectivity index is 1.67. The lowest BCUT2D eigenvalue weighted by molar-refractivity contribution is 0.122. The molecule has 0 unspecified atom stereocenters. The van der Waals surface area contributed by atoms with Gasteiger partial charge in [0, 0.05) is 25.3 Å². The summed E-state index contributed by atoms with van der Waals surface area (Å²) in [5, 5.41) is 0. The first-order chi connectivity index (χ1) is 12.5. The lowest BCUT2D eigenvalue weighted by Gasteiger charge is -2.29. The number of sulfonamides is 1. The van der Waals surface area contributed by atoms with Crippen LogP contribution in [0.1, 0.15) is 16.7 Å². The maximum Gasteiger partial charge on any atom is 0.264 e. The Hall–Kier alpha value is -2.05. The summed E-state index contributed by atoms with van der Waals surface area (Å²) in [4.78, 5) is 2.69. The Morgan fingerprint density at radius 3 is 2.46 bits per heavy atom. The van der Waals surface area contributed by atoms with Crippen LogP contribution in [-0.2, 0) is 21.2 Å². The molecule has 6 heteroatoms. The highest BCUT2D eigenvalue weighted by Crippen LogP contribution is 2.36. The van der Waals surface area contributed by atoms with Crippen LogP contribution < -0.4 is 9.21 Å². The normalized spacial score (nSPS) is 17.5. The molecule has 0 N–H and O–H groups in total. The van der Waals surface area contributed by atoms with Crippen molar-refractivity contribution >= 4 is 21.4 Å². The Kier molecular flexibility index (Phi) is 4.40. The number of ether oxygens (including phenoxy) is 1. The van der Waals surface area contributed by atoms with E-state index < -0.39 is 10.0 Å². The van der Waals surface area contributed by atoms with Gasteiger partial charge < -0.3 is 9.64 Å². The van der Waals surface area contributed by atoms with Crippen LogP contribution in [0.2, 0.25) is 0 Å². The number of fused-ring (bicyclic) bond motifs is 1. The van der Waals surface area contributed by atoms with Crippen LogP contribution in [0.25, 0.3) is 0 Å². The van der Waals surface area contributed by atoms with Crippen LogP contribution >= 0.6 is 0 Å². The molecule has 2 heterocycles. The van der Waals surface area contributed by atoms with E-state index in [0.717, 1.165) is 60.8 Å². The summed E-state index contributed by atoms with van der Waals surface area (Å²) in [6.07, 6.45) is 0.748. The molecule has 138 valence electrons. The number of morpholine rings is 1. The van der Waals surface area contributed by atoms with E-state index in [-0.39, 0.29) is 0 Å². The molecule has 0 spiro atoms. The molecule has 0 bridgehead atoms. The summed E-state index contributed by atoms with van der Waals surface area (Å²) >= 11 is 0. The van der Waals surface area contributed by atoms with Gasteiger partial charge in [-0.1, -0.05) is 17.7 Å². The highest BCUT2D eigenvalue weighted by atomic mass is 32.2. The van der Waals surface area contributed by atoms with E-state index in [1.54, 1.807) is 10.4 Å². The molecule has 0 aliphatic carbocycles. The number of hydrogen-bond acceptors (Lipinski definition) is 4. The minimum atomic E-state index is -3.54. The van der Waals surface area contributed by atoms with Crippen molar-refractivity contribution in [2.75, 3.05) is 42.1 Å². The van der Waals surface area contributed by atoms with Crippen molar-refractivity contribution in [3.05, 3.63) is 53.1 Å². The predicted octanol–water partition coefficient (Wildman–Crippen LogP) is 2.89. The van der Waals surface area contributed by atoms with Gasteiger partial charge in [-0.2, -0.15) is 0 Å². The molecule has 0 aromatic heterocycles. The molecule has 2 aromatic carbocycles. The van der Waals surface area contributed by atoms with Gasteiger partial charge in [0.25, 0.3) is 10.0 Å². The monoisotopic (exact) mass is 372 g/mol. The molecule has 2 aliphatic heterocycles. The Morgan fingerprint density at radius 2 is 1.73 bits per heavy atom. The lowest BCUT2D eigenvalue weighted by atomic mass is 10.1. The van der Waals surface area contributed by atoms with Crippen molar-refractivity contribution in [1.29, 1.82) is 0 Å². The highest BCUT2D eigenvalue weighted by molar-refractivity contribution is 7.93. The van der Waals surface area contributed by atoms with Gasteiger partial charge in [0.05, 0.1) is 23.8 Å². The van der Waals surface area contributed by atoms with Crippen LogP contribution in [-0.4, -0.2) is 41.3 Å². The molecule has 0 radical (unpaired) electrons. The Bertz CT molecular complexity index is 934. The van der Waals surface area contributed by atoms with E-state index in [9.17, 15) is 8.42 Å². The second kappa shape index (κ2) is 6.59. The zero-order valence-corrected chi connectivity index (χ0v) is 16.1. The highest BCUT2D eigenvalue weighted by Gasteiger charge is 2.32. The van der Waals surface area contributed by atoms with E-state index >= 15 is 0 Å². The molecular formula is C20H24N2O3S. The molecule has 26 heavy (non-hydrogen) atoms. The van der Waals surface area contributed by atoms with Gasteiger partial charge in [-0.15, -0.1) is 0 Å². The van der Waals surface area contributed by atoms with E-state index in [0.29, 0.717) is 11.4 Å². The minimum Gasteiger partial charge on any atom is -0.378 e. The third kappa shape index (κ3) is 2.97. The second-order valence-corrected chi connectivity index (χ2v) is 8.84. The summed E-state index contributed by atoms with van der Waals surface area (Å²) in [5.41, 5.74) is 4.92. The molecule has 0 atom stereocenters. The molecule has 2 aliphatic rings. The van der Waals surface area contributed by atoms with Crippen LogP contribution in [0.3, 0.4) is 0 Å². The molecule has 0 saturated carbocycles. The van der Waals surface area contributed by atoms with Crippen molar-refractivity contribution < 1.29 is 13.2 Å². The summed E-state index contributed by atoms with van der Waals surface area (Å²) < 4.78 is 33.4. The van der Waals surface area contributed by atoms with Crippen molar-refractivity contribution in [3.8, 4) is 0 Å². The van der Waals surface area contributed by atoms with Gasteiger partial charge in [-0.3, -0.25) is 4.31 Å². The lowest BCUT2D eigenvalue weighted by Crippen LogP contribution is -2.36. The topological polar surface area (TPSA) is 49.9 Å². The van der Waals surface area contributed by atoms with Crippen molar-refractivity contribution in [2.24, 2.45) is 0 Å². The van der Waals surface area contributed by atoms with E-state index in [1.807, 2.05) is 38.1 Å². The van der Waals surface area contributed by atoms with Gasteiger partial charge in [-0.25, -0.2) is 8.42 Å². The number of benzene rings is 2. The molecule has 4 rings (SSSR count). The largest absolute Gasteiger partial charge is 0.378 e. The van der Waals surface area contributed by atoms with Crippen LogP contribution in [0.15, 0.2) is 41.3 Å². The fraction of sp³-hybridized carbons (Fsp3) is 0.400. The molecule has 0 amide bonds. The number of anilines is 2. The van der Waals surface area contributed by atoms with E-state index in [2.05, 4.69) is 11.0 Å². The molecular weight excluding hydrogens is 348 g/mol. The first kappa shape index (κ1) is 17.4. The Morgan fingerprint density at radius 1 is 0.962 bits per heavy atom. The third-order valence-corrected chi connectivity index (χ3v) is 7.16. The zero-order chi connectivity index (χ0) is 18.3. The first-order valence-electron chi connectivity index (χ1n) is 9.02. The van der Waals surface area contributed by atoms with Gasteiger partial charge >= 0.3 is 0 Å². The minimum absolute atomic E-state index is 0.396. The van der Waals surface area contributed by atoms with Crippen molar-refractivity contribution in [3.63, 3.8) is 0 Å². The van der Waals surface area contributed by atoms with Gasteiger partial charge in [-0.05, 0) is 55.7 Å². The number of hydrogen-bond donors (Lipinski definition) is 0. The molecule has 1 saturated heterocycles. The van der Waals surface area contributed by atoms with Gasteiger partial charge in [0.15, 0.2) is 0 Å². The molecule has 5 nitrogen and oxygen atoms in total. The Labute approximate surface area is 155 Å². The fourth-order valence-electron chi connectivity index (χ4n) is 3.83. The SMILES string of the molecule is Cc1ccc(S(=O)(=O)N2CCc3cc(N4CCOCC4)ccc32)c(C)c1. The smallest absolute Gasteiger partial charge is 0.264 e. The predicted molar refractivity (Wildman–Crippen MR) is 104 cm³/mol. The fourth-order valence-corrected chi connectivity index (χ4v) is 5.55. The summed E-state index contributed by atoms with van der Waals surface area (Å²) in [6.45, 7) is 7.57. The van der Waals surface area contributed by atoms with Crippen LogP contribution in [0.5, 0.6) is 0 Å². The summed E-state index contributed by atoms with van der Waals surface area (Å²) in [7, 11) is -3.54. The van der Waals surface area contributed by atoms with Crippen molar-refractivity contribution in [2.45, 2.75) is 25.2 Å². The maximum atomic E-state index is 13.2. The first-order valence-corrected chi connectivity index (χ1v) is 10.5. The molecule has 2 aromatic rings. The maximum absolute atomic E-state index is 13.2. The average molecular weight is 372 g/mol. The van der Waals surface area contributed by atoms with E-state index in [1.165, 1.54) is 0 Å². The van der Waals surface area contributed by atoms with Crippen molar-refractivity contribution in [1.82, 2.24) is 0 Å². The summed E-state index contributed by atoms with van der Waals surface area (Å²) in [5.74, 6) is 0. The summed E-state index contributed by atoms with van der Waals surface area (Å²) in [6, 6.07) is 11.6. The number of nitrogens with zero attached hydrogens (tertiary/aromatic N) is 2.